The Morgan fingerprint density at radius 1 is 1.24 bits per heavy atom. The standard InChI is InChI=1S/C10H5BrCl2N4/c11-7-1-2-8(10(13)9(7)12)17-16-5-6(3-14)4-15/h1-2,5,16-17H. The van der Waals surface area contributed by atoms with E-state index in [9.17, 15) is 0 Å². The summed E-state index contributed by atoms with van der Waals surface area (Å²) in [4.78, 5) is 0. The van der Waals surface area contributed by atoms with Crippen molar-refractivity contribution in [1.29, 1.82) is 10.5 Å². The molecular formula is C10H5BrCl2N4. The third-order valence-corrected chi connectivity index (χ3v) is 3.47. The van der Waals surface area contributed by atoms with E-state index in [0.717, 1.165) is 0 Å². The molecule has 0 saturated heterocycles. The number of nitriles is 2. The Bertz CT molecular complexity index is 526. The SMILES string of the molecule is N#CC(C#N)=CNNc1ccc(Br)c(Cl)c1Cl. The molecule has 4 nitrogen and oxygen atoms in total. The summed E-state index contributed by atoms with van der Waals surface area (Å²) in [6.07, 6.45) is 1.23. The summed E-state index contributed by atoms with van der Waals surface area (Å²) in [5, 5.41) is 17.7. The summed E-state index contributed by atoms with van der Waals surface area (Å²) in [7, 11) is 0. The number of halogens is 3. The first kappa shape index (κ1) is 13.7. The summed E-state index contributed by atoms with van der Waals surface area (Å²) in [5.74, 6) is 0. The number of nitrogens with zero attached hydrogens (tertiary/aromatic N) is 2. The van der Waals surface area contributed by atoms with Crippen molar-refractivity contribution in [3.63, 3.8) is 0 Å². The van der Waals surface area contributed by atoms with Gasteiger partial charge in [0.2, 0.25) is 0 Å². The topological polar surface area (TPSA) is 71.6 Å². The first-order valence-electron chi connectivity index (χ1n) is 4.25. The molecule has 1 aromatic rings. The molecule has 0 aliphatic carbocycles. The Balaban J connectivity index is 2.79. The van der Waals surface area contributed by atoms with Gasteiger partial charge in [0.25, 0.3) is 0 Å². The molecule has 0 aromatic heterocycles. The summed E-state index contributed by atoms with van der Waals surface area (Å²) in [5.41, 5.74) is 5.77. The second-order valence-electron chi connectivity index (χ2n) is 2.77. The Kier molecular flexibility index (Phi) is 5.11. The lowest BCUT2D eigenvalue weighted by atomic mass is 10.3. The van der Waals surface area contributed by atoms with E-state index >= 15 is 0 Å². The van der Waals surface area contributed by atoms with Gasteiger partial charge in [0.15, 0.2) is 0 Å². The lowest BCUT2D eigenvalue weighted by molar-refractivity contribution is 1.05. The van der Waals surface area contributed by atoms with Crippen LogP contribution in [-0.4, -0.2) is 0 Å². The van der Waals surface area contributed by atoms with Gasteiger partial charge in [0, 0.05) is 10.7 Å². The summed E-state index contributed by atoms with van der Waals surface area (Å²) < 4.78 is 0.681. The minimum absolute atomic E-state index is 0.0585. The molecule has 0 spiro atoms. The summed E-state index contributed by atoms with van der Waals surface area (Å²) in [6.45, 7) is 0. The molecule has 1 rings (SSSR count). The van der Waals surface area contributed by atoms with Crippen molar-refractivity contribution < 1.29 is 0 Å². The molecule has 0 fully saturated rings. The number of nitrogens with one attached hydrogen (secondary N) is 2. The largest absolute Gasteiger partial charge is 0.306 e. The molecule has 0 amide bonds. The lowest BCUT2D eigenvalue weighted by Gasteiger charge is -2.09. The van der Waals surface area contributed by atoms with E-state index < -0.39 is 0 Å². The maximum Gasteiger partial charge on any atom is 0.147 e. The maximum absolute atomic E-state index is 8.50. The monoisotopic (exact) mass is 330 g/mol. The first-order valence-corrected chi connectivity index (χ1v) is 5.80. The number of hydrazine groups is 1. The Morgan fingerprint density at radius 2 is 1.88 bits per heavy atom. The normalized spacial score (nSPS) is 8.76. The number of allylic oxidation sites excluding steroid dienone is 1. The van der Waals surface area contributed by atoms with Crippen molar-refractivity contribution in [2.45, 2.75) is 0 Å². The van der Waals surface area contributed by atoms with Crippen LogP contribution in [0.1, 0.15) is 0 Å². The van der Waals surface area contributed by atoms with Gasteiger partial charge < -0.3 is 5.43 Å². The highest BCUT2D eigenvalue weighted by Crippen LogP contribution is 2.35. The molecule has 1 aromatic carbocycles. The minimum Gasteiger partial charge on any atom is -0.306 e. The average molecular weight is 332 g/mol. The van der Waals surface area contributed by atoms with Gasteiger partial charge in [0.1, 0.15) is 17.7 Å². The molecule has 7 heteroatoms. The second-order valence-corrected chi connectivity index (χ2v) is 4.38. The summed E-state index contributed by atoms with van der Waals surface area (Å²) >= 11 is 15.1. The third-order valence-electron chi connectivity index (χ3n) is 1.70. The maximum atomic E-state index is 8.50. The van der Waals surface area contributed by atoms with Gasteiger partial charge in [-0.05, 0) is 28.1 Å². The summed E-state index contributed by atoms with van der Waals surface area (Å²) in [6, 6.07) is 6.82. The molecule has 0 aliphatic rings. The zero-order valence-electron chi connectivity index (χ0n) is 8.26. The molecule has 0 saturated carbocycles. The first-order chi connectivity index (χ1) is 8.10. The molecule has 0 aliphatic heterocycles. The van der Waals surface area contributed by atoms with Gasteiger partial charge in [-0.1, -0.05) is 23.2 Å². The molecule has 17 heavy (non-hydrogen) atoms. The second kappa shape index (κ2) is 6.36. The fourth-order valence-electron chi connectivity index (χ4n) is 0.898. The lowest BCUT2D eigenvalue weighted by Crippen LogP contribution is -2.15. The highest BCUT2D eigenvalue weighted by Gasteiger charge is 2.07. The van der Waals surface area contributed by atoms with Crippen molar-refractivity contribution in [1.82, 2.24) is 5.43 Å². The number of anilines is 1. The predicted molar refractivity (Wildman–Crippen MR) is 70.2 cm³/mol. The zero-order chi connectivity index (χ0) is 12.8. The van der Waals surface area contributed by atoms with E-state index in [2.05, 4.69) is 26.8 Å². The third kappa shape index (κ3) is 3.54. The highest BCUT2D eigenvalue weighted by molar-refractivity contribution is 9.10. The fourth-order valence-corrected chi connectivity index (χ4v) is 1.72. The van der Waals surface area contributed by atoms with Crippen LogP contribution in [0.15, 0.2) is 28.4 Å². The molecule has 0 radical (unpaired) electrons. The van der Waals surface area contributed by atoms with Crippen LogP contribution in [0.3, 0.4) is 0 Å². The quantitative estimate of drug-likeness (QED) is 0.504. The van der Waals surface area contributed by atoms with Crippen molar-refractivity contribution in [3.05, 3.63) is 38.4 Å². The Morgan fingerprint density at radius 3 is 2.47 bits per heavy atom. The van der Waals surface area contributed by atoms with E-state index in [1.807, 2.05) is 0 Å². The van der Waals surface area contributed by atoms with Gasteiger partial charge in [-0.2, -0.15) is 10.5 Å². The van der Waals surface area contributed by atoms with Crippen LogP contribution in [0, 0.1) is 22.7 Å². The van der Waals surface area contributed by atoms with Crippen LogP contribution in [-0.2, 0) is 0 Å². The predicted octanol–water partition coefficient (Wildman–Crippen LogP) is 3.60. The molecule has 0 atom stereocenters. The smallest absolute Gasteiger partial charge is 0.147 e. The van der Waals surface area contributed by atoms with Gasteiger partial charge >= 0.3 is 0 Å². The number of hydrogen-bond acceptors (Lipinski definition) is 4. The average Bonchev–Trinajstić information content (AvgIpc) is 2.34. The van der Waals surface area contributed by atoms with Crippen LogP contribution in [0.25, 0.3) is 0 Å². The van der Waals surface area contributed by atoms with Crippen LogP contribution in [0.5, 0.6) is 0 Å². The van der Waals surface area contributed by atoms with Gasteiger partial charge in [-0.25, -0.2) is 0 Å². The molecular weight excluding hydrogens is 327 g/mol. The van der Waals surface area contributed by atoms with E-state index in [0.29, 0.717) is 20.2 Å². The molecule has 86 valence electrons. The number of rotatable bonds is 3. The molecule has 0 bridgehead atoms. The van der Waals surface area contributed by atoms with Crippen molar-refractivity contribution in [2.24, 2.45) is 0 Å². The van der Waals surface area contributed by atoms with Crippen LogP contribution in [0.4, 0.5) is 5.69 Å². The fraction of sp³-hybridized carbons (Fsp3) is 0. The number of benzene rings is 1. The van der Waals surface area contributed by atoms with Crippen LogP contribution >= 0.6 is 39.1 Å². The molecule has 0 heterocycles. The van der Waals surface area contributed by atoms with Gasteiger partial charge in [0.05, 0.1) is 15.7 Å². The molecule has 2 N–H and O–H groups in total. The van der Waals surface area contributed by atoms with Crippen LogP contribution < -0.4 is 10.9 Å². The van der Waals surface area contributed by atoms with E-state index in [1.54, 1.807) is 24.3 Å². The Hall–Kier alpha value is -1.40. The Labute approximate surface area is 117 Å². The van der Waals surface area contributed by atoms with Gasteiger partial charge in [-0.3, -0.25) is 5.43 Å². The van der Waals surface area contributed by atoms with Crippen molar-refractivity contribution in [3.8, 4) is 12.1 Å². The minimum atomic E-state index is -0.0585. The van der Waals surface area contributed by atoms with Crippen molar-refractivity contribution >= 4 is 44.8 Å². The van der Waals surface area contributed by atoms with E-state index in [-0.39, 0.29) is 5.57 Å². The van der Waals surface area contributed by atoms with Crippen LogP contribution in [0.2, 0.25) is 10.0 Å². The van der Waals surface area contributed by atoms with E-state index in [1.165, 1.54) is 6.20 Å². The zero-order valence-corrected chi connectivity index (χ0v) is 11.4. The van der Waals surface area contributed by atoms with E-state index in [4.69, 9.17) is 33.7 Å². The highest BCUT2D eigenvalue weighted by atomic mass is 79.9. The molecule has 0 unspecified atom stereocenters. The number of hydrogen-bond donors (Lipinski definition) is 2. The van der Waals surface area contributed by atoms with Gasteiger partial charge in [-0.15, -0.1) is 0 Å². The van der Waals surface area contributed by atoms with Crippen molar-refractivity contribution in [2.75, 3.05) is 5.43 Å².